The molecule has 0 unspecified atom stereocenters. The van der Waals surface area contributed by atoms with Crippen molar-refractivity contribution < 1.29 is 4.79 Å². The third-order valence-corrected chi connectivity index (χ3v) is 3.42. The second-order valence-electron chi connectivity index (χ2n) is 2.83. The number of nitrogens with one attached hydrogen (secondary N) is 1. The zero-order valence-corrected chi connectivity index (χ0v) is 11.2. The van der Waals surface area contributed by atoms with E-state index in [4.69, 9.17) is 34.8 Å². The highest BCUT2D eigenvalue weighted by Gasteiger charge is 2.31. The molecule has 0 fully saturated rings. The van der Waals surface area contributed by atoms with Gasteiger partial charge in [0.25, 0.3) is 9.70 Å². The van der Waals surface area contributed by atoms with Crippen LogP contribution in [0.4, 0.5) is 5.13 Å². The van der Waals surface area contributed by atoms with Crippen LogP contribution in [0.25, 0.3) is 0 Å². The minimum absolute atomic E-state index is 0.459. The number of aryl methyl sites for hydroxylation is 2. The number of thiazole rings is 1. The lowest BCUT2D eigenvalue weighted by Gasteiger charge is -2.08. The van der Waals surface area contributed by atoms with Gasteiger partial charge in [-0.1, -0.05) is 41.7 Å². The van der Waals surface area contributed by atoms with Gasteiger partial charge in [0.1, 0.15) is 0 Å². The van der Waals surface area contributed by atoms with Crippen LogP contribution in [0.15, 0.2) is 0 Å². The van der Waals surface area contributed by atoms with Gasteiger partial charge in [0.05, 0.1) is 5.69 Å². The molecular weight excluding hydrogens is 279 g/mol. The lowest BCUT2D eigenvalue weighted by molar-refractivity contribution is -0.115. The Bertz CT molecular complexity index is 372. The van der Waals surface area contributed by atoms with Crippen molar-refractivity contribution in [1.82, 2.24) is 4.98 Å². The van der Waals surface area contributed by atoms with Crippen molar-refractivity contribution in [1.29, 1.82) is 0 Å². The van der Waals surface area contributed by atoms with Crippen LogP contribution in [0.1, 0.15) is 17.5 Å². The first-order valence-corrected chi connectivity index (χ1v) is 6.14. The first-order chi connectivity index (χ1) is 6.84. The molecule has 0 aliphatic rings. The SMILES string of the molecule is CCc1sc(NC(=O)C(Cl)(Cl)Cl)nc1C. The molecular formula is C8H9Cl3N2OS. The van der Waals surface area contributed by atoms with Crippen LogP contribution in [-0.2, 0) is 11.2 Å². The Labute approximate surface area is 107 Å². The maximum Gasteiger partial charge on any atom is 0.278 e. The molecule has 1 N–H and O–H groups in total. The van der Waals surface area contributed by atoms with Gasteiger partial charge in [-0.15, -0.1) is 11.3 Å². The maximum absolute atomic E-state index is 11.3. The van der Waals surface area contributed by atoms with Gasteiger partial charge in [-0.25, -0.2) is 4.98 Å². The molecule has 0 aromatic carbocycles. The van der Waals surface area contributed by atoms with Crippen molar-refractivity contribution in [2.45, 2.75) is 24.1 Å². The summed E-state index contributed by atoms with van der Waals surface area (Å²) >= 11 is 17.6. The Hall–Kier alpha value is -0.0300. The second-order valence-corrected chi connectivity index (χ2v) is 6.20. The van der Waals surface area contributed by atoms with Crippen molar-refractivity contribution in [2.24, 2.45) is 0 Å². The number of carbonyl (C=O) groups excluding carboxylic acids is 1. The number of hydrogen-bond acceptors (Lipinski definition) is 3. The number of halogens is 3. The molecule has 0 saturated carbocycles. The topological polar surface area (TPSA) is 42.0 Å². The molecule has 0 aliphatic heterocycles. The Morgan fingerprint density at radius 2 is 2.13 bits per heavy atom. The highest BCUT2D eigenvalue weighted by molar-refractivity contribution is 7.16. The minimum atomic E-state index is -1.95. The Morgan fingerprint density at radius 3 is 2.53 bits per heavy atom. The van der Waals surface area contributed by atoms with Crippen LogP contribution in [0.2, 0.25) is 0 Å². The van der Waals surface area contributed by atoms with E-state index in [-0.39, 0.29) is 0 Å². The molecule has 1 aromatic rings. The molecule has 84 valence electrons. The molecule has 0 radical (unpaired) electrons. The minimum Gasteiger partial charge on any atom is -0.298 e. The first kappa shape index (κ1) is 13.0. The standard InChI is InChI=1S/C8H9Cl3N2OS/c1-3-5-4(2)12-7(15-5)13-6(14)8(9,10)11/h3H2,1-2H3,(H,12,13,14). The van der Waals surface area contributed by atoms with Crippen LogP contribution in [0.3, 0.4) is 0 Å². The number of aromatic nitrogens is 1. The average molecular weight is 288 g/mol. The van der Waals surface area contributed by atoms with Gasteiger partial charge in [0.15, 0.2) is 5.13 Å². The number of hydrogen-bond donors (Lipinski definition) is 1. The molecule has 0 spiro atoms. The maximum atomic E-state index is 11.3. The smallest absolute Gasteiger partial charge is 0.278 e. The van der Waals surface area contributed by atoms with Gasteiger partial charge in [-0.05, 0) is 13.3 Å². The van der Waals surface area contributed by atoms with E-state index in [1.165, 1.54) is 11.3 Å². The van der Waals surface area contributed by atoms with Crippen molar-refractivity contribution in [2.75, 3.05) is 5.32 Å². The summed E-state index contributed by atoms with van der Waals surface area (Å²) in [6.07, 6.45) is 0.868. The fourth-order valence-electron chi connectivity index (χ4n) is 0.977. The molecule has 1 amide bonds. The predicted octanol–water partition coefficient (Wildman–Crippen LogP) is 3.32. The Kier molecular flexibility index (Phi) is 4.23. The van der Waals surface area contributed by atoms with Gasteiger partial charge < -0.3 is 0 Å². The summed E-state index contributed by atoms with van der Waals surface area (Å²) in [7, 11) is 0. The fraction of sp³-hybridized carbons (Fsp3) is 0.500. The monoisotopic (exact) mass is 286 g/mol. The van der Waals surface area contributed by atoms with E-state index >= 15 is 0 Å². The van der Waals surface area contributed by atoms with Crippen LogP contribution in [0, 0.1) is 6.92 Å². The van der Waals surface area contributed by atoms with Gasteiger partial charge in [0, 0.05) is 4.88 Å². The van der Waals surface area contributed by atoms with Crippen molar-refractivity contribution >= 4 is 57.2 Å². The molecule has 1 aromatic heterocycles. The molecule has 0 saturated heterocycles. The number of rotatable bonds is 2. The second kappa shape index (κ2) is 4.87. The summed E-state index contributed by atoms with van der Waals surface area (Å²) in [5, 5.41) is 2.91. The molecule has 3 nitrogen and oxygen atoms in total. The average Bonchev–Trinajstić information content (AvgIpc) is 2.44. The quantitative estimate of drug-likeness (QED) is 0.848. The number of nitrogens with zero attached hydrogens (tertiary/aromatic N) is 1. The van der Waals surface area contributed by atoms with E-state index in [2.05, 4.69) is 10.3 Å². The molecule has 0 aliphatic carbocycles. The van der Waals surface area contributed by atoms with E-state index in [1.807, 2.05) is 13.8 Å². The Morgan fingerprint density at radius 1 is 1.53 bits per heavy atom. The number of anilines is 1. The molecule has 1 rings (SSSR count). The molecule has 7 heteroatoms. The molecule has 15 heavy (non-hydrogen) atoms. The summed E-state index contributed by atoms with van der Waals surface area (Å²) < 4.78 is -1.95. The van der Waals surface area contributed by atoms with Gasteiger partial charge in [-0.2, -0.15) is 0 Å². The van der Waals surface area contributed by atoms with Gasteiger partial charge >= 0.3 is 0 Å². The number of amides is 1. The number of alkyl halides is 3. The largest absolute Gasteiger partial charge is 0.298 e. The number of carbonyl (C=O) groups is 1. The highest BCUT2D eigenvalue weighted by atomic mass is 35.6. The van der Waals surface area contributed by atoms with Gasteiger partial charge in [0.2, 0.25) is 0 Å². The summed E-state index contributed by atoms with van der Waals surface area (Å²) in [4.78, 5) is 16.6. The third-order valence-electron chi connectivity index (χ3n) is 1.69. The van der Waals surface area contributed by atoms with Crippen LogP contribution < -0.4 is 5.32 Å². The van der Waals surface area contributed by atoms with E-state index in [9.17, 15) is 4.79 Å². The van der Waals surface area contributed by atoms with E-state index in [1.54, 1.807) is 0 Å². The van der Waals surface area contributed by atoms with Crippen LogP contribution in [-0.4, -0.2) is 14.7 Å². The van der Waals surface area contributed by atoms with E-state index in [0.717, 1.165) is 17.0 Å². The van der Waals surface area contributed by atoms with E-state index in [0.29, 0.717) is 5.13 Å². The third kappa shape index (κ3) is 3.48. The van der Waals surface area contributed by atoms with Crippen molar-refractivity contribution in [3.63, 3.8) is 0 Å². The van der Waals surface area contributed by atoms with Crippen molar-refractivity contribution in [3.05, 3.63) is 10.6 Å². The zero-order chi connectivity index (χ0) is 11.6. The summed E-state index contributed by atoms with van der Waals surface area (Å²) in [6.45, 7) is 3.89. The van der Waals surface area contributed by atoms with Crippen LogP contribution >= 0.6 is 46.1 Å². The fourth-order valence-corrected chi connectivity index (χ4v) is 2.02. The summed E-state index contributed by atoms with van der Waals surface area (Å²) in [5.74, 6) is -0.691. The van der Waals surface area contributed by atoms with E-state index < -0.39 is 9.70 Å². The first-order valence-electron chi connectivity index (χ1n) is 4.19. The lowest BCUT2D eigenvalue weighted by atomic mass is 10.3. The summed E-state index contributed by atoms with van der Waals surface area (Å²) in [6, 6.07) is 0. The summed E-state index contributed by atoms with van der Waals surface area (Å²) in [5.41, 5.74) is 0.891. The predicted molar refractivity (Wildman–Crippen MR) is 65.1 cm³/mol. The van der Waals surface area contributed by atoms with Crippen molar-refractivity contribution in [3.8, 4) is 0 Å². The lowest BCUT2D eigenvalue weighted by Crippen LogP contribution is -2.26. The highest BCUT2D eigenvalue weighted by Crippen LogP contribution is 2.29. The molecule has 1 heterocycles. The van der Waals surface area contributed by atoms with Gasteiger partial charge in [-0.3, -0.25) is 10.1 Å². The zero-order valence-electron chi connectivity index (χ0n) is 8.10. The molecule has 0 atom stereocenters. The van der Waals surface area contributed by atoms with Crippen LogP contribution in [0.5, 0.6) is 0 Å². The normalized spacial score (nSPS) is 11.5. The Balaban J connectivity index is 2.78. The molecule has 0 bridgehead atoms.